The predicted molar refractivity (Wildman–Crippen MR) is 242 cm³/mol. The summed E-state index contributed by atoms with van der Waals surface area (Å²) in [5.74, 6) is -0.877. The van der Waals surface area contributed by atoms with Gasteiger partial charge in [0.15, 0.2) is 0 Å². The van der Waals surface area contributed by atoms with E-state index in [1.807, 2.05) is 32.0 Å². The number of tetrazole rings is 1. The number of nitriles is 1. The zero-order chi connectivity index (χ0) is 46.6. The Kier molecular flexibility index (Phi) is 17.7. The normalized spacial score (nSPS) is 11.2. The third-order valence-corrected chi connectivity index (χ3v) is 10.1. The van der Waals surface area contributed by atoms with Gasteiger partial charge in [0.05, 0.1) is 70.4 Å². The molecule has 336 valence electrons. The van der Waals surface area contributed by atoms with Crippen molar-refractivity contribution in [3.8, 4) is 29.0 Å². The summed E-state index contributed by atoms with van der Waals surface area (Å²) in [6.07, 6.45) is 13.9. The first-order valence-electron chi connectivity index (χ1n) is 20.0. The second kappa shape index (κ2) is 23.7. The maximum absolute atomic E-state index is 13.3. The molecule has 2 atom stereocenters. The number of hydrogen-bond acceptors (Lipinski definition) is 12. The number of nitrogens with zero attached hydrogens (tertiary/aromatic N) is 15. The van der Waals surface area contributed by atoms with Gasteiger partial charge in [-0.1, -0.05) is 21.3 Å². The van der Waals surface area contributed by atoms with Crippen LogP contribution in [-0.4, -0.2) is 71.9 Å². The molecule has 20 nitrogen and oxygen atoms in total. The molecule has 2 aromatic carbocycles. The summed E-state index contributed by atoms with van der Waals surface area (Å²) >= 11 is 0. The maximum Gasteiger partial charge on any atom is 1.00 e. The van der Waals surface area contributed by atoms with Gasteiger partial charge in [0.25, 0.3) is 11.8 Å². The Morgan fingerprint density at radius 3 is 1.65 bits per heavy atom. The molecule has 0 saturated heterocycles. The quantitative estimate of drug-likeness (QED) is 0.0651. The van der Waals surface area contributed by atoms with Gasteiger partial charge in [-0.05, 0) is 102 Å². The monoisotopic (exact) mass is 924 g/mol. The molecule has 68 heavy (non-hydrogen) atoms. The van der Waals surface area contributed by atoms with Crippen molar-refractivity contribution >= 4 is 33.6 Å². The second-order valence-corrected chi connectivity index (χ2v) is 14.1. The first-order chi connectivity index (χ1) is 32.2. The number of carbonyl (C=O) groups is 2. The Hall–Kier alpha value is -8.35. The summed E-state index contributed by atoms with van der Waals surface area (Å²) in [6, 6.07) is 20.4. The predicted octanol–water partition coefficient (Wildman–Crippen LogP) is 5.23. The van der Waals surface area contributed by atoms with Gasteiger partial charge in [-0.3, -0.25) is 29.5 Å². The molecule has 3 N–H and O–H groups in total. The van der Waals surface area contributed by atoms with Gasteiger partial charge < -0.3 is 21.7 Å². The van der Waals surface area contributed by atoms with Crippen molar-refractivity contribution in [1.82, 2.24) is 70.8 Å². The molecule has 0 fully saturated rings. The fourth-order valence-electron chi connectivity index (χ4n) is 6.92. The van der Waals surface area contributed by atoms with Crippen LogP contribution in [0.4, 0.5) is 8.78 Å². The Labute approximate surface area is 408 Å². The zero-order valence-corrected chi connectivity index (χ0v) is 37.9. The van der Waals surface area contributed by atoms with E-state index in [2.05, 4.69) is 61.4 Å². The molecule has 0 radical (unpaired) electrons. The second-order valence-electron chi connectivity index (χ2n) is 14.1. The first kappa shape index (κ1) is 50.6. The van der Waals surface area contributed by atoms with Crippen LogP contribution in [0.3, 0.4) is 0 Å². The van der Waals surface area contributed by atoms with Crippen LogP contribution in [-0.2, 0) is 0 Å². The van der Waals surface area contributed by atoms with Crippen LogP contribution in [0.5, 0.6) is 0 Å². The van der Waals surface area contributed by atoms with Crippen molar-refractivity contribution in [3.63, 3.8) is 0 Å². The number of carbonyl (C=O) groups excluding carboxylic acids is 2. The van der Waals surface area contributed by atoms with E-state index >= 15 is 0 Å². The first-order valence-corrected chi connectivity index (χ1v) is 20.0. The summed E-state index contributed by atoms with van der Waals surface area (Å²) in [5, 5.41) is 39.0. The third kappa shape index (κ3) is 11.5. The van der Waals surface area contributed by atoms with Crippen LogP contribution in [0.2, 0.25) is 0 Å². The van der Waals surface area contributed by atoms with Gasteiger partial charge in [0.2, 0.25) is 5.82 Å². The molecule has 0 saturated carbocycles. The van der Waals surface area contributed by atoms with Gasteiger partial charge >= 0.3 is 29.6 Å². The van der Waals surface area contributed by atoms with Crippen LogP contribution in [0, 0.1) is 23.0 Å². The topological polar surface area (TPSA) is 282 Å². The van der Waals surface area contributed by atoms with Crippen molar-refractivity contribution < 1.29 is 47.9 Å². The number of halogens is 2. The molecule has 7 aromatic heterocycles. The van der Waals surface area contributed by atoms with Gasteiger partial charge in [0, 0.05) is 35.6 Å². The fourth-order valence-corrected chi connectivity index (χ4v) is 6.92. The minimum absolute atomic E-state index is 0. The molecule has 23 heteroatoms. The van der Waals surface area contributed by atoms with E-state index in [0.717, 1.165) is 11.1 Å². The summed E-state index contributed by atoms with van der Waals surface area (Å²) in [6.45, 7) is 3.92. The Balaban J connectivity index is 0.000000235. The standard InChI is InChI=1S/C22H18FN9O.C22H17FN6O.CH4.N3.Na/c1-2-18(13-7-8-25-19(9-13)21-28-30-31-29-21)27-22(33)17-10-24-12-20-16(17)11-26-32(20)15-5-3-14(23)4-6-15;1-2-20(14-7-8-26-16(9-14)10-24)28-22(30)19-11-25-13-21-18(19)12-27-29(21)17-5-3-15(23)4-6-17;;1-3-2;/h3-12,18H,2H2,1H3,(H,27,33)(H,28,29,30,31);3-9,11-13,20H,2H2,1H3,(H,28,30);1H4;;/q;;;-1;+1/t18-;20-;;;/m00.../s1. The maximum atomic E-state index is 13.3. The van der Waals surface area contributed by atoms with Crippen molar-refractivity contribution in [2.75, 3.05) is 0 Å². The molecule has 9 rings (SSSR count). The fraction of sp³-hybridized carbons (Fsp3) is 0.156. The molecular weight excluding hydrogens is 886 g/mol. The molecule has 7 heterocycles. The number of hydrogen-bond donors (Lipinski definition) is 3. The van der Waals surface area contributed by atoms with E-state index in [1.165, 1.54) is 41.6 Å². The van der Waals surface area contributed by atoms with Crippen molar-refractivity contribution in [2.24, 2.45) is 0 Å². The number of aromatic nitrogens is 12. The number of rotatable bonds is 11. The number of H-pyrrole nitrogens is 1. The number of benzene rings is 2. The van der Waals surface area contributed by atoms with Crippen LogP contribution < -0.4 is 40.2 Å². The van der Waals surface area contributed by atoms with E-state index in [1.54, 1.807) is 82.9 Å². The number of nitrogens with one attached hydrogen (secondary N) is 3. The van der Waals surface area contributed by atoms with Gasteiger partial charge in [-0.2, -0.15) is 20.7 Å². The summed E-state index contributed by atoms with van der Waals surface area (Å²) in [4.78, 5) is 44.4. The van der Waals surface area contributed by atoms with Crippen molar-refractivity contribution in [2.45, 2.75) is 46.2 Å². The van der Waals surface area contributed by atoms with E-state index in [4.69, 9.17) is 16.3 Å². The number of amides is 2. The molecule has 0 aliphatic carbocycles. The van der Waals surface area contributed by atoms with Crippen LogP contribution in [0.15, 0.2) is 122 Å². The molecule has 0 unspecified atom stereocenters. The van der Waals surface area contributed by atoms with E-state index in [0.29, 0.717) is 74.4 Å². The molecule has 9 aromatic rings. The number of fused-ring (bicyclic) bond motifs is 2. The Bertz CT molecular complexity index is 3200. The van der Waals surface area contributed by atoms with Crippen molar-refractivity contribution in [3.05, 3.63) is 178 Å². The van der Waals surface area contributed by atoms with Gasteiger partial charge in [-0.25, -0.2) is 23.1 Å². The SMILES string of the molecule is C.CC[C@H](NC(=O)c1cncc2c1cnn2-c1ccc(F)cc1)c1ccnc(-c2nn[nH]n2)c1.CC[C@H](NC(=O)c1cncc2c1cnn2-c1ccc(F)cc1)c1ccnc(C#N)c1.[N-]=[N+]=[N-].[Na+]. The Morgan fingerprint density at radius 1 is 0.735 bits per heavy atom. The minimum Gasteiger partial charge on any atom is -0.373 e. The van der Waals surface area contributed by atoms with E-state index < -0.39 is 0 Å². The molecule has 2 amide bonds. The molecule has 0 aliphatic rings. The number of aromatic amines is 1. The average Bonchev–Trinajstić information content (AvgIpc) is 4.15. The van der Waals surface area contributed by atoms with Gasteiger partial charge in [0.1, 0.15) is 29.1 Å². The van der Waals surface area contributed by atoms with Crippen LogP contribution in [0.1, 0.15) is 83.7 Å². The minimum atomic E-state index is -0.338. The molecule has 0 aliphatic heterocycles. The number of pyridine rings is 4. The molecule has 0 bridgehead atoms. The summed E-state index contributed by atoms with van der Waals surface area (Å²) < 4.78 is 29.8. The average molecular weight is 925 g/mol. The molecule has 0 spiro atoms. The third-order valence-electron chi connectivity index (χ3n) is 10.1. The van der Waals surface area contributed by atoms with Crippen LogP contribution in [0.25, 0.3) is 60.7 Å². The van der Waals surface area contributed by atoms with Crippen LogP contribution >= 0.6 is 0 Å². The van der Waals surface area contributed by atoms with Crippen molar-refractivity contribution in [1.29, 1.82) is 5.26 Å². The smallest absolute Gasteiger partial charge is 0.373 e. The summed E-state index contributed by atoms with van der Waals surface area (Å²) in [7, 11) is 0. The van der Waals surface area contributed by atoms with Gasteiger partial charge in [-0.15, -0.1) is 10.2 Å². The van der Waals surface area contributed by atoms with E-state index in [-0.39, 0.29) is 72.5 Å². The van der Waals surface area contributed by atoms with E-state index in [9.17, 15) is 18.4 Å². The summed E-state index contributed by atoms with van der Waals surface area (Å²) in [5.41, 5.74) is 19.4. The molecular formula is C45H39F2N18NaO2. The Morgan fingerprint density at radius 2 is 1.21 bits per heavy atom. The largest absolute Gasteiger partial charge is 1.00 e. The zero-order valence-electron chi connectivity index (χ0n) is 35.9.